The van der Waals surface area contributed by atoms with Crippen molar-refractivity contribution >= 4 is 63.2 Å². The highest BCUT2D eigenvalue weighted by atomic mass is 32.2. The van der Waals surface area contributed by atoms with E-state index in [-0.39, 0.29) is 11.8 Å². The molecular formula is C21H20N2O2S3. The number of thiocarbonyl (C=S) groups is 1. The highest BCUT2D eigenvalue weighted by molar-refractivity contribution is 8.26. The number of benzene rings is 1. The van der Waals surface area contributed by atoms with Gasteiger partial charge in [-0.05, 0) is 48.4 Å². The molecule has 2 aliphatic rings. The van der Waals surface area contributed by atoms with Crippen molar-refractivity contribution in [2.24, 2.45) is 0 Å². The van der Waals surface area contributed by atoms with E-state index in [4.69, 9.17) is 12.2 Å². The average Bonchev–Trinajstić information content (AvgIpc) is 3.31. The Hall–Kier alpha value is -1.96. The summed E-state index contributed by atoms with van der Waals surface area (Å²) in [5.41, 5.74) is 2.26. The number of hydrogen-bond donors (Lipinski definition) is 0. The van der Waals surface area contributed by atoms with Gasteiger partial charge in [-0.3, -0.25) is 14.5 Å². The molecule has 144 valence electrons. The van der Waals surface area contributed by atoms with Crippen LogP contribution < -0.4 is 4.90 Å². The number of anilines is 1. The molecule has 0 aliphatic carbocycles. The number of thioether (sulfide) groups is 1. The van der Waals surface area contributed by atoms with Crippen molar-refractivity contribution in [2.45, 2.75) is 25.7 Å². The van der Waals surface area contributed by atoms with Gasteiger partial charge in [-0.1, -0.05) is 48.2 Å². The Morgan fingerprint density at radius 2 is 2.07 bits per heavy atom. The summed E-state index contributed by atoms with van der Waals surface area (Å²) in [7, 11) is 0. The van der Waals surface area contributed by atoms with Crippen molar-refractivity contribution in [3.8, 4) is 0 Å². The zero-order valence-electron chi connectivity index (χ0n) is 15.3. The average molecular weight is 429 g/mol. The molecule has 2 amide bonds. The number of rotatable bonds is 5. The summed E-state index contributed by atoms with van der Waals surface area (Å²) in [6, 6.07) is 12.0. The van der Waals surface area contributed by atoms with Gasteiger partial charge in [0.05, 0.1) is 4.91 Å². The second kappa shape index (κ2) is 8.59. The van der Waals surface area contributed by atoms with Crippen molar-refractivity contribution in [1.29, 1.82) is 0 Å². The van der Waals surface area contributed by atoms with Crippen molar-refractivity contribution in [3.63, 3.8) is 0 Å². The van der Waals surface area contributed by atoms with E-state index >= 15 is 0 Å². The van der Waals surface area contributed by atoms with Crippen molar-refractivity contribution in [3.05, 3.63) is 57.1 Å². The van der Waals surface area contributed by atoms with Crippen LogP contribution in [0.5, 0.6) is 0 Å². The SMILES string of the molecule is O=C1/C(=C/c2cccs2)SC(=S)N1CCCC(=O)N1CCCc2ccccc21. The molecule has 28 heavy (non-hydrogen) atoms. The molecule has 3 heterocycles. The van der Waals surface area contributed by atoms with Crippen LogP contribution in [0, 0.1) is 0 Å². The molecule has 0 saturated carbocycles. The van der Waals surface area contributed by atoms with Crippen molar-refractivity contribution < 1.29 is 9.59 Å². The predicted octanol–water partition coefficient (Wildman–Crippen LogP) is 4.71. The first-order valence-electron chi connectivity index (χ1n) is 9.30. The van der Waals surface area contributed by atoms with Crippen LogP contribution >= 0.6 is 35.3 Å². The quantitative estimate of drug-likeness (QED) is 0.511. The van der Waals surface area contributed by atoms with Crippen LogP contribution in [-0.4, -0.2) is 34.1 Å². The fourth-order valence-electron chi connectivity index (χ4n) is 3.51. The molecule has 0 atom stereocenters. The molecule has 0 N–H and O–H groups in total. The summed E-state index contributed by atoms with van der Waals surface area (Å²) in [6.07, 6.45) is 4.92. The maximum Gasteiger partial charge on any atom is 0.266 e. The lowest BCUT2D eigenvalue weighted by atomic mass is 10.0. The van der Waals surface area contributed by atoms with Gasteiger partial charge in [0.2, 0.25) is 5.91 Å². The van der Waals surface area contributed by atoms with E-state index in [0.29, 0.717) is 28.6 Å². The second-order valence-electron chi connectivity index (χ2n) is 6.73. The molecule has 0 radical (unpaired) electrons. The first-order chi connectivity index (χ1) is 13.6. The fraction of sp³-hybridized carbons (Fsp3) is 0.286. The number of aryl methyl sites for hydroxylation is 1. The molecule has 4 rings (SSSR count). The Labute approximate surface area is 178 Å². The summed E-state index contributed by atoms with van der Waals surface area (Å²) in [5, 5.41) is 1.98. The van der Waals surface area contributed by atoms with Crippen molar-refractivity contribution in [1.82, 2.24) is 4.90 Å². The van der Waals surface area contributed by atoms with Gasteiger partial charge in [-0.25, -0.2) is 0 Å². The summed E-state index contributed by atoms with van der Waals surface area (Å²) < 4.78 is 0.573. The minimum absolute atomic E-state index is 0.0563. The van der Waals surface area contributed by atoms with Gasteiger partial charge in [0.15, 0.2) is 0 Å². The van der Waals surface area contributed by atoms with Crippen LogP contribution in [0.25, 0.3) is 6.08 Å². The van der Waals surface area contributed by atoms with Crippen LogP contribution in [0.1, 0.15) is 29.7 Å². The van der Waals surface area contributed by atoms with E-state index in [1.165, 1.54) is 17.3 Å². The zero-order valence-corrected chi connectivity index (χ0v) is 17.7. The lowest BCUT2D eigenvalue weighted by molar-refractivity contribution is -0.123. The number of carbonyl (C=O) groups is 2. The number of amides is 2. The Balaban J connectivity index is 1.35. The van der Waals surface area contributed by atoms with E-state index in [9.17, 15) is 9.59 Å². The monoisotopic (exact) mass is 428 g/mol. The molecule has 1 fully saturated rings. The first kappa shape index (κ1) is 19.4. The normalized spacial score (nSPS) is 18.1. The van der Waals surface area contributed by atoms with Crippen LogP contribution in [0.3, 0.4) is 0 Å². The van der Waals surface area contributed by atoms with Crippen LogP contribution in [0.15, 0.2) is 46.7 Å². The maximum absolute atomic E-state index is 12.7. The van der Waals surface area contributed by atoms with Gasteiger partial charge in [0.25, 0.3) is 5.91 Å². The Bertz CT molecular complexity index is 937. The Kier molecular flexibility index (Phi) is 5.94. The van der Waals surface area contributed by atoms with Gasteiger partial charge < -0.3 is 4.90 Å². The highest BCUT2D eigenvalue weighted by Crippen LogP contribution is 2.33. The molecular weight excluding hydrogens is 408 g/mol. The summed E-state index contributed by atoms with van der Waals surface area (Å²) in [6.45, 7) is 1.24. The lowest BCUT2D eigenvalue weighted by Gasteiger charge is -2.29. The number of thiophene rings is 1. The van der Waals surface area contributed by atoms with Gasteiger partial charge in [-0.2, -0.15) is 0 Å². The third kappa shape index (κ3) is 4.06. The Morgan fingerprint density at radius 1 is 1.21 bits per heavy atom. The van der Waals surface area contributed by atoms with Gasteiger partial charge >= 0.3 is 0 Å². The number of hydrogen-bond acceptors (Lipinski definition) is 5. The van der Waals surface area contributed by atoms with Crippen LogP contribution in [0.2, 0.25) is 0 Å². The molecule has 4 nitrogen and oxygen atoms in total. The molecule has 2 aliphatic heterocycles. The largest absolute Gasteiger partial charge is 0.312 e. The smallest absolute Gasteiger partial charge is 0.266 e. The molecule has 0 bridgehead atoms. The molecule has 0 spiro atoms. The molecule has 1 saturated heterocycles. The Morgan fingerprint density at radius 3 is 2.89 bits per heavy atom. The maximum atomic E-state index is 12.7. The van der Waals surface area contributed by atoms with E-state index < -0.39 is 0 Å². The van der Waals surface area contributed by atoms with Crippen LogP contribution in [0.4, 0.5) is 5.69 Å². The minimum Gasteiger partial charge on any atom is -0.312 e. The predicted molar refractivity (Wildman–Crippen MR) is 121 cm³/mol. The standard InChI is InChI=1S/C21H20N2O2S3/c24-19(22-11-3-7-15-6-1-2-9-17(15)22)10-4-12-23-20(25)18(28-21(23)26)14-16-8-5-13-27-16/h1-2,5-6,8-9,13-14H,3-4,7,10-12H2/b18-14-. The summed E-state index contributed by atoms with van der Waals surface area (Å²) >= 11 is 8.31. The fourth-order valence-corrected chi connectivity index (χ4v) is 5.54. The number of fused-ring (bicyclic) bond motifs is 1. The molecule has 7 heteroatoms. The lowest BCUT2D eigenvalue weighted by Crippen LogP contribution is -2.36. The number of carbonyl (C=O) groups excluding carboxylic acids is 2. The van der Waals surface area contributed by atoms with Gasteiger partial charge in [0.1, 0.15) is 4.32 Å². The number of para-hydroxylation sites is 1. The second-order valence-corrected chi connectivity index (χ2v) is 9.39. The summed E-state index contributed by atoms with van der Waals surface area (Å²) in [5.74, 6) is 0.0610. The molecule has 0 unspecified atom stereocenters. The highest BCUT2D eigenvalue weighted by Gasteiger charge is 2.32. The molecule has 2 aromatic rings. The molecule has 1 aromatic heterocycles. The first-order valence-corrected chi connectivity index (χ1v) is 11.4. The van der Waals surface area contributed by atoms with Crippen molar-refractivity contribution in [2.75, 3.05) is 18.0 Å². The minimum atomic E-state index is -0.0563. The van der Waals surface area contributed by atoms with E-state index in [2.05, 4.69) is 6.07 Å². The summed E-state index contributed by atoms with van der Waals surface area (Å²) in [4.78, 5) is 30.6. The van der Waals surface area contributed by atoms with Gasteiger partial charge in [-0.15, -0.1) is 11.3 Å². The van der Waals surface area contributed by atoms with E-state index in [0.717, 1.165) is 30.0 Å². The molecule has 1 aromatic carbocycles. The third-order valence-corrected chi connectivity index (χ3v) is 7.07. The number of nitrogens with zero attached hydrogens (tertiary/aromatic N) is 2. The van der Waals surface area contributed by atoms with E-state index in [1.54, 1.807) is 16.2 Å². The van der Waals surface area contributed by atoms with Crippen LogP contribution in [-0.2, 0) is 16.0 Å². The third-order valence-electron chi connectivity index (χ3n) is 4.87. The van der Waals surface area contributed by atoms with Gasteiger partial charge in [0, 0.05) is 30.1 Å². The zero-order chi connectivity index (χ0) is 19.5. The topological polar surface area (TPSA) is 40.6 Å². The van der Waals surface area contributed by atoms with E-state index in [1.807, 2.05) is 46.7 Å².